The summed E-state index contributed by atoms with van der Waals surface area (Å²) in [6, 6.07) is 68.9. The van der Waals surface area contributed by atoms with Gasteiger partial charge in [-0.3, -0.25) is 0 Å². The topological polar surface area (TPSA) is 19.6 Å². The Morgan fingerprint density at radius 3 is 1.67 bits per heavy atom. The van der Waals surface area contributed by atoms with E-state index >= 15 is 0 Å². The zero-order valence-electron chi connectivity index (χ0n) is 28.2. The number of para-hydroxylation sites is 5. The van der Waals surface area contributed by atoms with Crippen molar-refractivity contribution < 1.29 is 4.42 Å². The Balaban J connectivity index is 1.07. The number of hydrogen-bond donors (Lipinski definition) is 0. The van der Waals surface area contributed by atoms with Crippen LogP contribution in [0.4, 0.5) is 34.1 Å². The summed E-state index contributed by atoms with van der Waals surface area (Å²) in [5.41, 5.74) is 10.7. The highest BCUT2D eigenvalue weighted by Gasteiger charge is 2.20. The molecule has 0 radical (unpaired) electrons. The number of thiophene rings is 1. The molecule has 0 spiro atoms. The Hall–Kier alpha value is -6.62. The van der Waals surface area contributed by atoms with Gasteiger partial charge in [0.2, 0.25) is 0 Å². The van der Waals surface area contributed by atoms with Gasteiger partial charge in [0.25, 0.3) is 0 Å². The molecule has 8 aromatic carbocycles. The van der Waals surface area contributed by atoms with E-state index in [4.69, 9.17) is 4.42 Å². The quantitative estimate of drug-likeness (QED) is 0.167. The molecule has 0 aliphatic heterocycles. The molecule has 0 aliphatic rings. The average Bonchev–Trinajstić information content (AvgIpc) is 3.78. The van der Waals surface area contributed by atoms with Gasteiger partial charge in [0.05, 0.1) is 5.69 Å². The monoisotopic (exact) mass is 684 g/mol. The van der Waals surface area contributed by atoms with Gasteiger partial charge in [-0.2, -0.15) is 0 Å². The van der Waals surface area contributed by atoms with Gasteiger partial charge in [-0.1, -0.05) is 115 Å². The molecule has 3 nitrogen and oxygen atoms in total. The van der Waals surface area contributed by atoms with Gasteiger partial charge in [0.1, 0.15) is 5.58 Å². The molecule has 0 aliphatic carbocycles. The molecular weight excluding hydrogens is 653 g/mol. The highest BCUT2D eigenvalue weighted by atomic mass is 32.1. The van der Waals surface area contributed by atoms with E-state index in [1.165, 1.54) is 31.3 Å². The number of fused-ring (bicyclic) bond motifs is 6. The molecule has 0 bridgehead atoms. The predicted molar refractivity (Wildman–Crippen MR) is 221 cm³/mol. The second-order valence-electron chi connectivity index (χ2n) is 12.9. The summed E-state index contributed by atoms with van der Waals surface area (Å²) in [7, 11) is 0. The van der Waals surface area contributed by atoms with Crippen LogP contribution in [0, 0.1) is 0 Å². The fourth-order valence-electron chi connectivity index (χ4n) is 7.50. The van der Waals surface area contributed by atoms with Gasteiger partial charge >= 0.3 is 0 Å². The Morgan fingerprint density at radius 2 is 0.962 bits per heavy atom. The predicted octanol–water partition coefficient (Wildman–Crippen LogP) is 14.6. The van der Waals surface area contributed by atoms with Gasteiger partial charge in [-0.15, -0.1) is 11.3 Å². The second kappa shape index (κ2) is 12.6. The summed E-state index contributed by atoms with van der Waals surface area (Å²) in [5.74, 6) is 0. The highest BCUT2D eigenvalue weighted by Crippen LogP contribution is 2.45. The van der Waals surface area contributed by atoms with Gasteiger partial charge in [-0.25, -0.2) is 0 Å². The number of hydrogen-bond acceptors (Lipinski definition) is 4. The Kier molecular flexibility index (Phi) is 7.33. The molecule has 52 heavy (non-hydrogen) atoms. The fourth-order valence-corrected chi connectivity index (χ4v) is 8.66. The van der Waals surface area contributed by atoms with Crippen molar-refractivity contribution in [2.75, 3.05) is 9.80 Å². The third-order valence-electron chi connectivity index (χ3n) is 9.84. The summed E-state index contributed by atoms with van der Waals surface area (Å²) in [4.78, 5) is 4.62. The maximum absolute atomic E-state index is 6.51. The van der Waals surface area contributed by atoms with Crippen molar-refractivity contribution in [1.82, 2.24) is 0 Å². The minimum atomic E-state index is 0.878. The standard InChI is InChI=1S/C48H32N2OS/c1-4-14-34(15-5-1)49(35-16-6-2-7-17-35)38-30-31-42-46(32-38)52-45-25-13-21-39(47(42)45)33-26-28-37(29-27-33)50(36-18-8-3-9-19-36)43-23-12-22-41-40-20-10-11-24-44(40)51-48(41)43/h1-32H. The molecule has 0 atom stereocenters. The van der Waals surface area contributed by atoms with Crippen LogP contribution in [-0.4, -0.2) is 0 Å². The summed E-state index contributed by atoms with van der Waals surface area (Å²) in [5, 5.41) is 4.80. The fraction of sp³-hybridized carbons (Fsp3) is 0. The van der Waals surface area contributed by atoms with Crippen LogP contribution in [0.25, 0.3) is 53.2 Å². The molecule has 0 saturated carbocycles. The lowest BCUT2D eigenvalue weighted by atomic mass is 9.98. The SMILES string of the molecule is c1ccc(N(c2ccccc2)c2ccc3c(c2)sc2cccc(-c4ccc(N(c5ccccc5)c5cccc6c5oc5ccccc56)cc4)c23)cc1. The molecule has 10 aromatic rings. The van der Waals surface area contributed by atoms with Gasteiger partial charge in [0, 0.05) is 59.4 Å². The van der Waals surface area contributed by atoms with Crippen LogP contribution in [0.3, 0.4) is 0 Å². The minimum absolute atomic E-state index is 0.878. The molecule has 0 unspecified atom stereocenters. The molecule has 2 heterocycles. The van der Waals surface area contributed by atoms with E-state index in [1.807, 2.05) is 23.5 Å². The van der Waals surface area contributed by atoms with E-state index in [1.54, 1.807) is 0 Å². The lowest BCUT2D eigenvalue weighted by Crippen LogP contribution is -2.10. The second-order valence-corrected chi connectivity index (χ2v) is 14.0. The largest absolute Gasteiger partial charge is 0.454 e. The Bertz CT molecular complexity index is 2800. The summed E-state index contributed by atoms with van der Waals surface area (Å²) in [6.07, 6.45) is 0. The first kappa shape index (κ1) is 30.2. The normalized spacial score (nSPS) is 11.5. The maximum Gasteiger partial charge on any atom is 0.159 e. The first-order valence-electron chi connectivity index (χ1n) is 17.5. The maximum atomic E-state index is 6.51. The molecular formula is C48H32N2OS. The van der Waals surface area contributed by atoms with Crippen molar-refractivity contribution in [3.63, 3.8) is 0 Å². The van der Waals surface area contributed by atoms with Gasteiger partial charge < -0.3 is 14.2 Å². The number of benzene rings is 8. The lowest BCUT2D eigenvalue weighted by molar-refractivity contribution is 0.669. The molecule has 0 N–H and O–H groups in total. The van der Waals surface area contributed by atoms with Crippen LogP contribution in [0.5, 0.6) is 0 Å². The van der Waals surface area contributed by atoms with Crippen LogP contribution < -0.4 is 9.80 Å². The smallest absolute Gasteiger partial charge is 0.159 e. The summed E-state index contributed by atoms with van der Waals surface area (Å²) >= 11 is 1.85. The van der Waals surface area contributed by atoms with E-state index in [0.717, 1.165) is 56.1 Å². The van der Waals surface area contributed by atoms with Crippen molar-refractivity contribution in [3.8, 4) is 11.1 Å². The summed E-state index contributed by atoms with van der Waals surface area (Å²) in [6.45, 7) is 0. The zero-order valence-corrected chi connectivity index (χ0v) is 29.0. The van der Waals surface area contributed by atoms with Gasteiger partial charge in [0.15, 0.2) is 5.58 Å². The third kappa shape index (κ3) is 5.12. The Labute approximate surface area is 305 Å². The van der Waals surface area contributed by atoms with Crippen molar-refractivity contribution >= 4 is 87.6 Å². The van der Waals surface area contributed by atoms with E-state index in [0.29, 0.717) is 0 Å². The van der Waals surface area contributed by atoms with Crippen molar-refractivity contribution in [1.29, 1.82) is 0 Å². The number of rotatable bonds is 7. The average molecular weight is 685 g/mol. The molecule has 10 rings (SSSR count). The van der Waals surface area contributed by atoms with Crippen LogP contribution in [0.2, 0.25) is 0 Å². The molecule has 2 aromatic heterocycles. The first-order valence-corrected chi connectivity index (χ1v) is 18.3. The van der Waals surface area contributed by atoms with E-state index in [-0.39, 0.29) is 0 Å². The van der Waals surface area contributed by atoms with E-state index in [2.05, 4.69) is 192 Å². The van der Waals surface area contributed by atoms with Crippen molar-refractivity contribution in [3.05, 3.63) is 194 Å². The molecule has 246 valence electrons. The highest BCUT2D eigenvalue weighted by molar-refractivity contribution is 7.26. The van der Waals surface area contributed by atoms with E-state index in [9.17, 15) is 0 Å². The van der Waals surface area contributed by atoms with Crippen LogP contribution in [0.1, 0.15) is 0 Å². The molecule has 0 fully saturated rings. The van der Waals surface area contributed by atoms with Crippen molar-refractivity contribution in [2.24, 2.45) is 0 Å². The third-order valence-corrected chi connectivity index (χ3v) is 11.0. The number of furan rings is 1. The van der Waals surface area contributed by atoms with Crippen LogP contribution in [0.15, 0.2) is 199 Å². The minimum Gasteiger partial charge on any atom is -0.454 e. The summed E-state index contributed by atoms with van der Waals surface area (Å²) < 4.78 is 9.06. The molecule has 0 amide bonds. The first-order chi connectivity index (χ1) is 25.8. The van der Waals surface area contributed by atoms with Crippen molar-refractivity contribution in [2.45, 2.75) is 0 Å². The number of nitrogens with zero attached hydrogens (tertiary/aromatic N) is 2. The molecule has 4 heteroatoms. The van der Waals surface area contributed by atoms with E-state index < -0.39 is 0 Å². The number of anilines is 6. The lowest BCUT2D eigenvalue weighted by Gasteiger charge is -2.25. The zero-order chi connectivity index (χ0) is 34.4. The van der Waals surface area contributed by atoms with Gasteiger partial charge in [-0.05, 0) is 90.0 Å². The Morgan fingerprint density at radius 1 is 0.385 bits per heavy atom. The van der Waals surface area contributed by atoms with Crippen LogP contribution >= 0.6 is 11.3 Å². The van der Waals surface area contributed by atoms with Crippen LogP contribution in [-0.2, 0) is 0 Å². The molecule has 0 saturated heterocycles.